The van der Waals surface area contributed by atoms with Gasteiger partial charge in [-0.2, -0.15) is 0 Å². The molecule has 0 bridgehead atoms. The number of rotatable bonds is 3. The fraction of sp³-hybridized carbons (Fsp3) is 0.545. The second-order valence-corrected chi connectivity index (χ2v) is 5.76. The van der Waals surface area contributed by atoms with Gasteiger partial charge in [-0.1, -0.05) is 11.6 Å². The van der Waals surface area contributed by atoms with Crippen LogP contribution in [-0.4, -0.2) is 17.9 Å². The van der Waals surface area contributed by atoms with E-state index in [9.17, 15) is 4.79 Å². The second-order valence-electron chi connectivity index (χ2n) is 4.22. The highest BCUT2D eigenvalue weighted by atomic mass is 35.5. The van der Waals surface area contributed by atoms with E-state index in [2.05, 4.69) is 5.32 Å². The van der Waals surface area contributed by atoms with E-state index in [1.54, 1.807) is 0 Å². The van der Waals surface area contributed by atoms with Crippen LogP contribution in [0.15, 0.2) is 11.4 Å². The van der Waals surface area contributed by atoms with Gasteiger partial charge in [-0.15, -0.1) is 11.3 Å². The molecule has 0 aliphatic carbocycles. The first-order valence-electron chi connectivity index (χ1n) is 5.11. The molecule has 0 amide bonds. The minimum Gasteiger partial charge on any atom is -0.305 e. The van der Waals surface area contributed by atoms with Gasteiger partial charge in [0.2, 0.25) is 0 Å². The number of ketones is 1. The Bertz CT molecular complexity index is 368. The predicted molar refractivity (Wildman–Crippen MR) is 63.7 cm³/mol. The van der Waals surface area contributed by atoms with Gasteiger partial charge in [0.05, 0.1) is 9.88 Å². The molecule has 4 heteroatoms. The van der Waals surface area contributed by atoms with Crippen molar-refractivity contribution in [1.29, 1.82) is 0 Å². The zero-order chi connectivity index (χ0) is 10.9. The quantitative estimate of drug-likeness (QED) is 0.885. The summed E-state index contributed by atoms with van der Waals surface area (Å²) in [5, 5.41) is 5.24. The predicted octanol–water partition coefficient (Wildman–Crippen LogP) is 2.66. The maximum Gasteiger partial charge on any atom is 0.156 e. The third kappa shape index (κ3) is 2.41. The van der Waals surface area contributed by atoms with Gasteiger partial charge in [-0.05, 0) is 43.3 Å². The Labute approximate surface area is 98.6 Å². The second kappa shape index (κ2) is 4.24. The first-order valence-corrected chi connectivity index (χ1v) is 6.37. The minimum atomic E-state index is -0.311. The topological polar surface area (TPSA) is 29.1 Å². The van der Waals surface area contributed by atoms with Crippen molar-refractivity contribution in [3.63, 3.8) is 0 Å². The zero-order valence-electron chi connectivity index (χ0n) is 8.68. The fourth-order valence-corrected chi connectivity index (χ4v) is 2.86. The van der Waals surface area contributed by atoms with E-state index in [0.29, 0.717) is 6.42 Å². The molecule has 1 aromatic heterocycles. The molecule has 1 fully saturated rings. The Morgan fingerprint density at radius 2 is 2.53 bits per heavy atom. The van der Waals surface area contributed by atoms with E-state index >= 15 is 0 Å². The number of Topliss-reactive ketones (excluding diaryl/α,β-unsaturated/α-hetero) is 1. The van der Waals surface area contributed by atoms with Crippen molar-refractivity contribution in [2.24, 2.45) is 0 Å². The zero-order valence-corrected chi connectivity index (χ0v) is 10.3. The van der Waals surface area contributed by atoms with E-state index in [1.165, 1.54) is 11.3 Å². The maximum atomic E-state index is 12.0. The van der Waals surface area contributed by atoms with E-state index in [4.69, 9.17) is 11.6 Å². The standard InChI is InChI=1S/C11H14ClNOS/c1-11(3-2-4-13-11)9(14)5-8-6-10(12)15-7-8/h6-7,13H,2-5H2,1H3. The number of hydrogen-bond acceptors (Lipinski definition) is 3. The molecule has 1 unspecified atom stereocenters. The first-order chi connectivity index (χ1) is 7.10. The molecule has 82 valence electrons. The van der Waals surface area contributed by atoms with Crippen molar-refractivity contribution < 1.29 is 4.79 Å². The van der Waals surface area contributed by atoms with Gasteiger partial charge in [0, 0.05) is 6.42 Å². The molecule has 0 radical (unpaired) electrons. The average molecular weight is 244 g/mol. The van der Waals surface area contributed by atoms with E-state index in [1.807, 2.05) is 18.4 Å². The highest BCUT2D eigenvalue weighted by molar-refractivity contribution is 7.14. The first kappa shape index (κ1) is 11.1. The summed E-state index contributed by atoms with van der Waals surface area (Å²) >= 11 is 7.31. The number of thiophene rings is 1. The van der Waals surface area contributed by atoms with Gasteiger partial charge in [0.25, 0.3) is 0 Å². The molecule has 1 atom stereocenters. The SMILES string of the molecule is CC1(C(=O)Cc2csc(Cl)c2)CCCN1. The van der Waals surface area contributed by atoms with E-state index in [0.717, 1.165) is 29.3 Å². The molecule has 1 aliphatic heterocycles. The van der Waals surface area contributed by atoms with Gasteiger partial charge < -0.3 is 5.32 Å². The molecule has 1 saturated heterocycles. The van der Waals surface area contributed by atoms with E-state index in [-0.39, 0.29) is 11.3 Å². The molecule has 0 saturated carbocycles. The molecular formula is C11H14ClNOS. The lowest BCUT2D eigenvalue weighted by Gasteiger charge is -2.22. The molecular weight excluding hydrogens is 230 g/mol. The van der Waals surface area contributed by atoms with Gasteiger partial charge >= 0.3 is 0 Å². The fourth-order valence-electron chi connectivity index (χ4n) is 1.95. The maximum absolute atomic E-state index is 12.0. The largest absolute Gasteiger partial charge is 0.305 e. The summed E-state index contributed by atoms with van der Waals surface area (Å²) in [5.74, 6) is 0.273. The van der Waals surface area contributed by atoms with Crippen LogP contribution in [-0.2, 0) is 11.2 Å². The normalized spacial score (nSPS) is 25.7. The van der Waals surface area contributed by atoms with Crippen LogP contribution in [0.5, 0.6) is 0 Å². The van der Waals surface area contributed by atoms with Crippen LogP contribution in [0.3, 0.4) is 0 Å². The third-order valence-corrected chi connectivity index (χ3v) is 4.11. The minimum absolute atomic E-state index is 0.273. The lowest BCUT2D eigenvalue weighted by molar-refractivity contribution is -0.123. The molecule has 2 rings (SSSR count). The van der Waals surface area contributed by atoms with Crippen molar-refractivity contribution >= 4 is 28.7 Å². The number of carbonyl (C=O) groups is 1. The molecule has 1 aliphatic rings. The Hall–Kier alpha value is -0.380. The van der Waals surface area contributed by atoms with Gasteiger partial charge in [-0.25, -0.2) is 0 Å². The van der Waals surface area contributed by atoms with Crippen LogP contribution < -0.4 is 5.32 Å². The Morgan fingerprint density at radius 1 is 1.73 bits per heavy atom. The lowest BCUT2D eigenvalue weighted by atomic mass is 9.91. The van der Waals surface area contributed by atoms with Crippen LogP contribution in [0.25, 0.3) is 0 Å². The summed E-state index contributed by atoms with van der Waals surface area (Å²) in [7, 11) is 0. The number of nitrogens with one attached hydrogen (secondary N) is 1. The Morgan fingerprint density at radius 3 is 3.07 bits per heavy atom. The highest BCUT2D eigenvalue weighted by Crippen LogP contribution is 2.24. The summed E-state index contributed by atoms with van der Waals surface area (Å²) in [4.78, 5) is 12.0. The number of halogens is 1. The van der Waals surface area contributed by atoms with Crippen molar-refractivity contribution in [1.82, 2.24) is 5.32 Å². The molecule has 0 spiro atoms. The average Bonchev–Trinajstić information content (AvgIpc) is 2.76. The van der Waals surface area contributed by atoms with Gasteiger partial charge in [-0.3, -0.25) is 4.79 Å². The van der Waals surface area contributed by atoms with Crippen molar-refractivity contribution in [2.45, 2.75) is 31.7 Å². The Kier molecular flexibility index (Phi) is 3.14. The third-order valence-electron chi connectivity index (χ3n) is 2.97. The van der Waals surface area contributed by atoms with Crippen LogP contribution in [0, 0.1) is 0 Å². The summed E-state index contributed by atoms with van der Waals surface area (Å²) in [6.07, 6.45) is 2.53. The van der Waals surface area contributed by atoms with Crippen molar-refractivity contribution in [3.8, 4) is 0 Å². The van der Waals surface area contributed by atoms with Crippen LogP contribution >= 0.6 is 22.9 Å². The van der Waals surface area contributed by atoms with Crippen LogP contribution in [0.4, 0.5) is 0 Å². The van der Waals surface area contributed by atoms with Crippen molar-refractivity contribution in [2.75, 3.05) is 6.54 Å². The number of hydrogen-bond donors (Lipinski definition) is 1. The van der Waals surface area contributed by atoms with Gasteiger partial charge in [0.1, 0.15) is 0 Å². The molecule has 2 heterocycles. The van der Waals surface area contributed by atoms with E-state index < -0.39 is 0 Å². The van der Waals surface area contributed by atoms with Crippen LogP contribution in [0.1, 0.15) is 25.3 Å². The Balaban J connectivity index is 2.03. The summed E-state index contributed by atoms with van der Waals surface area (Å²) in [5.41, 5.74) is 0.721. The molecule has 2 nitrogen and oxygen atoms in total. The van der Waals surface area contributed by atoms with Gasteiger partial charge in [0.15, 0.2) is 5.78 Å². The highest BCUT2D eigenvalue weighted by Gasteiger charge is 2.35. The number of carbonyl (C=O) groups excluding carboxylic acids is 1. The molecule has 1 N–H and O–H groups in total. The molecule has 1 aromatic rings. The summed E-state index contributed by atoms with van der Waals surface area (Å²) < 4.78 is 0.752. The molecule has 0 aromatic carbocycles. The summed E-state index contributed by atoms with van der Waals surface area (Å²) in [6.45, 7) is 2.95. The monoisotopic (exact) mass is 243 g/mol. The summed E-state index contributed by atoms with van der Waals surface area (Å²) in [6, 6.07) is 1.88. The van der Waals surface area contributed by atoms with Crippen molar-refractivity contribution in [3.05, 3.63) is 21.3 Å². The lowest BCUT2D eigenvalue weighted by Crippen LogP contribution is -2.45. The molecule has 15 heavy (non-hydrogen) atoms. The van der Waals surface area contributed by atoms with Crippen LogP contribution in [0.2, 0.25) is 4.34 Å². The smallest absolute Gasteiger partial charge is 0.156 e.